The summed E-state index contributed by atoms with van der Waals surface area (Å²) in [6.45, 7) is 6.60. The number of fused-ring (bicyclic) bond motifs is 3. The van der Waals surface area contributed by atoms with Crippen molar-refractivity contribution in [3.63, 3.8) is 0 Å². The number of rotatable bonds is 6. The first-order valence-corrected chi connectivity index (χ1v) is 16.1. The summed E-state index contributed by atoms with van der Waals surface area (Å²) in [5.74, 6) is 2.96. The predicted octanol–water partition coefficient (Wildman–Crippen LogP) is 2.95. The normalized spacial score (nSPS) is 20.0. The van der Waals surface area contributed by atoms with Crippen LogP contribution in [-0.2, 0) is 15.9 Å². The maximum atomic E-state index is 13.0. The van der Waals surface area contributed by atoms with E-state index in [1.165, 1.54) is 5.56 Å². The Morgan fingerprint density at radius 2 is 1.61 bits per heavy atom. The van der Waals surface area contributed by atoms with Crippen molar-refractivity contribution in [2.75, 3.05) is 93.7 Å². The molecule has 3 amide bonds. The van der Waals surface area contributed by atoms with Crippen molar-refractivity contribution in [3.05, 3.63) is 53.7 Å². The first-order valence-electron chi connectivity index (χ1n) is 16.1. The highest BCUT2D eigenvalue weighted by atomic mass is 16.5. The van der Waals surface area contributed by atoms with Gasteiger partial charge in [-0.15, -0.1) is 0 Å². The third-order valence-electron chi connectivity index (χ3n) is 9.35. The topological polar surface area (TPSA) is 128 Å². The largest absolute Gasteiger partial charge is 0.378 e. The van der Waals surface area contributed by atoms with Gasteiger partial charge in [-0.1, -0.05) is 0 Å². The van der Waals surface area contributed by atoms with Crippen LogP contribution in [0.4, 0.5) is 27.9 Å². The highest BCUT2D eigenvalue weighted by Crippen LogP contribution is 2.39. The number of ether oxygens (including phenoxy) is 2. The van der Waals surface area contributed by atoms with Gasteiger partial charge in [0, 0.05) is 73.8 Å². The average molecular weight is 628 g/mol. The standard InChI is InChI=1S/C33H41N9O4/c1-39(2)25-9-11-41(12-10-25)32(43)22-3-6-24(7-4-22)35-33(44)36-28-8-5-23(20-34-28)29-37-30(40-13-16-45-17-14-40)27-19-26-21-46-18-15-42(26)31(27)38-29/h3-8,20,25-26H,9-19,21H2,1-2H3,(H2,34,35,36,44)/t26-/m0/s1. The molecule has 242 valence electrons. The van der Waals surface area contributed by atoms with Crippen LogP contribution in [0.3, 0.4) is 0 Å². The lowest BCUT2D eigenvalue weighted by Crippen LogP contribution is -2.44. The van der Waals surface area contributed by atoms with Crippen LogP contribution in [0.25, 0.3) is 11.4 Å². The number of piperidine rings is 1. The van der Waals surface area contributed by atoms with Crippen molar-refractivity contribution in [3.8, 4) is 11.4 Å². The third-order valence-corrected chi connectivity index (χ3v) is 9.35. The Morgan fingerprint density at radius 1 is 0.870 bits per heavy atom. The summed E-state index contributed by atoms with van der Waals surface area (Å²) < 4.78 is 11.4. The van der Waals surface area contributed by atoms with Gasteiger partial charge >= 0.3 is 6.03 Å². The van der Waals surface area contributed by atoms with Gasteiger partial charge in [-0.25, -0.2) is 19.7 Å². The molecule has 3 aromatic rings. The molecule has 13 heteroatoms. The van der Waals surface area contributed by atoms with Crippen molar-refractivity contribution in [1.29, 1.82) is 0 Å². The number of benzene rings is 1. The van der Waals surface area contributed by atoms with E-state index in [-0.39, 0.29) is 11.9 Å². The van der Waals surface area contributed by atoms with Crippen molar-refractivity contribution in [2.45, 2.75) is 31.3 Å². The van der Waals surface area contributed by atoms with Crippen molar-refractivity contribution < 1.29 is 19.1 Å². The highest BCUT2D eigenvalue weighted by Gasteiger charge is 2.37. The van der Waals surface area contributed by atoms with Crippen LogP contribution in [0, 0.1) is 0 Å². The summed E-state index contributed by atoms with van der Waals surface area (Å²) in [6, 6.07) is 11.0. The van der Waals surface area contributed by atoms with Gasteiger partial charge in [-0.2, -0.15) is 0 Å². The van der Waals surface area contributed by atoms with Gasteiger partial charge in [-0.3, -0.25) is 10.1 Å². The molecule has 7 rings (SSSR count). The third kappa shape index (κ3) is 6.35. The van der Waals surface area contributed by atoms with E-state index in [1.54, 1.807) is 36.5 Å². The van der Waals surface area contributed by atoms with Gasteiger partial charge < -0.3 is 34.4 Å². The fourth-order valence-electron chi connectivity index (χ4n) is 6.73. The summed E-state index contributed by atoms with van der Waals surface area (Å²) in [7, 11) is 4.17. The fourth-order valence-corrected chi connectivity index (χ4v) is 6.73. The van der Waals surface area contributed by atoms with Crippen LogP contribution >= 0.6 is 0 Å². The smallest absolute Gasteiger partial charge is 0.324 e. The van der Waals surface area contributed by atoms with Gasteiger partial charge in [0.05, 0.1) is 32.5 Å². The Hall–Kier alpha value is -4.33. The summed E-state index contributed by atoms with van der Waals surface area (Å²) in [6.07, 6.45) is 4.50. The molecular weight excluding hydrogens is 586 g/mol. The minimum Gasteiger partial charge on any atom is -0.378 e. The molecule has 6 heterocycles. The van der Waals surface area contributed by atoms with Crippen molar-refractivity contribution in [2.24, 2.45) is 0 Å². The Morgan fingerprint density at radius 3 is 2.33 bits per heavy atom. The van der Waals surface area contributed by atoms with Gasteiger partial charge in [0.15, 0.2) is 5.82 Å². The summed E-state index contributed by atoms with van der Waals surface area (Å²) in [4.78, 5) is 49.0. The maximum Gasteiger partial charge on any atom is 0.324 e. The molecule has 3 saturated heterocycles. The van der Waals surface area contributed by atoms with E-state index in [0.29, 0.717) is 55.4 Å². The average Bonchev–Trinajstić information content (AvgIpc) is 3.47. The van der Waals surface area contributed by atoms with Gasteiger partial charge in [0.25, 0.3) is 5.91 Å². The zero-order valence-electron chi connectivity index (χ0n) is 26.4. The van der Waals surface area contributed by atoms with E-state index in [9.17, 15) is 9.59 Å². The molecule has 46 heavy (non-hydrogen) atoms. The highest BCUT2D eigenvalue weighted by molar-refractivity contribution is 6.00. The van der Waals surface area contributed by atoms with Gasteiger partial charge in [-0.05, 0) is 63.3 Å². The fraction of sp³-hybridized carbons (Fsp3) is 0.485. The minimum atomic E-state index is -0.424. The van der Waals surface area contributed by atoms with Gasteiger partial charge in [0.1, 0.15) is 17.5 Å². The molecule has 0 aliphatic carbocycles. The number of nitrogens with one attached hydrogen (secondary N) is 2. The van der Waals surface area contributed by atoms with E-state index >= 15 is 0 Å². The number of urea groups is 1. The molecule has 0 bridgehead atoms. The molecule has 0 unspecified atom stereocenters. The molecule has 1 atom stereocenters. The lowest BCUT2D eigenvalue weighted by atomic mass is 10.0. The number of hydrogen-bond donors (Lipinski definition) is 2. The van der Waals surface area contributed by atoms with E-state index < -0.39 is 6.03 Å². The molecule has 0 radical (unpaired) electrons. The molecule has 0 saturated carbocycles. The second kappa shape index (κ2) is 13.2. The molecule has 3 fully saturated rings. The number of likely N-dealkylation sites (tertiary alicyclic amines) is 1. The summed E-state index contributed by atoms with van der Waals surface area (Å²) in [5, 5.41) is 5.61. The summed E-state index contributed by atoms with van der Waals surface area (Å²) in [5.41, 5.74) is 3.14. The quantitative estimate of drug-likeness (QED) is 0.421. The van der Waals surface area contributed by atoms with Crippen LogP contribution in [0.1, 0.15) is 28.8 Å². The predicted molar refractivity (Wildman–Crippen MR) is 176 cm³/mol. The number of anilines is 4. The van der Waals surface area contributed by atoms with Crippen LogP contribution in [0.15, 0.2) is 42.6 Å². The molecular formula is C33H41N9O4. The number of carbonyl (C=O) groups excluding carboxylic acids is 2. The number of pyridine rings is 1. The zero-order valence-corrected chi connectivity index (χ0v) is 26.4. The molecule has 13 nitrogen and oxygen atoms in total. The second-order valence-corrected chi connectivity index (χ2v) is 12.5. The molecule has 0 spiro atoms. The number of amides is 3. The first-order chi connectivity index (χ1) is 22.4. The number of carbonyl (C=O) groups is 2. The zero-order chi connectivity index (χ0) is 31.6. The maximum absolute atomic E-state index is 13.0. The van der Waals surface area contributed by atoms with E-state index in [1.807, 2.05) is 11.0 Å². The van der Waals surface area contributed by atoms with E-state index in [4.69, 9.17) is 19.4 Å². The lowest BCUT2D eigenvalue weighted by Gasteiger charge is -2.35. The van der Waals surface area contributed by atoms with Crippen LogP contribution in [0.2, 0.25) is 0 Å². The monoisotopic (exact) mass is 627 g/mol. The minimum absolute atomic E-state index is 0.0201. The SMILES string of the molecule is CN(C)C1CCN(C(=O)c2ccc(NC(=O)Nc3ccc(-c4nc(N5CCOCC5)c5c(n4)N4CCOC[C@@H]4C5)cn3)cc2)CC1. The molecule has 2 aromatic heterocycles. The van der Waals surface area contributed by atoms with Crippen LogP contribution < -0.4 is 20.4 Å². The van der Waals surface area contributed by atoms with Crippen LogP contribution in [-0.4, -0.2) is 122 Å². The molecule has 2 N–H and O–H groups in total. The molecule has 4 aliphatic rings. The molecule has 1 aromatic carbocycles. The van der Waals surface area contributed by atoms with Crippen molar-refractivity contribution in [1.82, 2.24) is 24.8 Å². The van der Waals surface area contributed by atoms with Crippen molar-refractivity contribution >= 4 is 35.1 Å². The number of hydrogen-bond acceptors (Lipinski definition) is 10. The molecule has 4 aliphatic heterocycles. The number of nitrogens with zero attached hydrogens (tertiary/aromatic N) is 7. The number of morpholine rings is 2. The lowest BCUT2D eigenvalue weighted by molar-refractivity contribution is 0.0663. The van der Waals surface area contributed by atoms with E-state index in [0.717, 1.165) is 69.2 Å². The second-order valence-electron chi connectivity index (χ2n) is 12.5. The number of aromatic nitrogens is 3. The Bertz CT molecular complexity index is 1550. The Kier molecular flexibility index (Phi) is 8.69. The van der Waals surface area contributed by atoms with E-state index in [2.05, 4.69) is 44.4 Å². The van der Waals surface area contributed by atoms with Crippen LogP contribution in [0.5, 0.6) is 0 Å². The van der Waals surface area contributed by atoms with Gasteiger partial charge in [0.2, 0.25) is 0 Å². The summed E-state index contributed by atoms with van der Waals surface area (Å²) >= 11 is 0. The first kappa shape index (κ1) is 30.3. The Balaban J connectivity index is 0.996. The Labute approximate surface area is 268 Å².